The van der Waals surface area contributed by atoms with Gasteiger partial charge < -0.3 is 15.1 Å². The minimum atomic E-state index is -0.460. The van der Waals surface area contributed by atoms with E-state index >= 15 is 0 Å². The highest BCUT2D eigenvalue weighted by molar-refractivity contribution is 6.01. The molecule has 3 amide bonds. The minimum Gasteiger partial charge on any atom is -0.374 e. The van der Waals surface area contributed by atoms with Crippen LogP contribution in [0.25, 0.3) is 0 Å². The summed E-state index contributed by atoms with van der Waals surface area (Å²) in [5.41, 5.74) is 1.35. The minimum absolute atomic E-state index is 0.0374. The number of amides is 3. The number of likely N-dealkylation sites (tertiary alicyclic amines) is 2. The molecule has 3 aliphatic rings. The third kappa shape index (κ3) is 5.73. The first-order chi connectivity index (χ1) is 17.0. The van der Waals surface area contributed by atoms with E-state index in [9.17, 15) is 14.4 Å². The number of piperidine rings is 3. The second-order valence-electron chi connectivity index (χ2n) is 9.98. The van der Waals surface area contributed by atoms with Gasteiger partial charge in [0.1, 0.15) is 6.04 Å². The fourth-order valence-electron chi connectivity index (χ4n) is 5.50. The summed E-state index contributed by atoms with van der Waals surface area (Å²) in [7, 11) is 0. The SMILES string of the molecule is O=C1CCC(Nc2cccc(C(=O)N3CCC(CN4CCC(n5cccn5)CC4)CC3)c2)C(=O)N1. The van der Waals surface area contributed by atoms with Gasteiger partial charge in [-0.3, -0.25) is 24.4 Å². The van der Waals surface area contributed by atoms with Crippen molar-refractivity contribution in [1.82, 2.24) is 24.9 Å². The Bertz CT molecular complexity index is 1040. The summed E-state index contributed by atoms with van der Waals surface area (Å²) < 4.78 is 2.09. The molecule has 3 aliphatic heterocycles. The molecule has 186 valence electrons. The maximum atomic E-state index is 13.2. The summed E-state index contributed by atoms with van der Waals surface area (Å²) in [4.78, 5) is 41.1. The van der Waals surface area contributed by atoms with Crippen LogP contribution in [0, 0.1) is 5.92 Å². The zero-order valence-electron chi connectivity index (χ0n) is 20.1. The molecule has 1 aromatic heterocycles. The molecule has 9 nitrogen and oxygen atoms in total. The van der Waals surface area contributed by atoms with Gasteiger partial charge in [0.2, 0.25) is 11.8 Å². The van der Waals surface area contributed by atoms with Crippen LogP contribution < -0.4 is 10.6 Å². The third-order valence-electron chi connectivity index (χ3n) is 7.56. The molecule has 4 heterocycles. The molecule has 5 rings (SSSR count). The van der Waals surface area contributed by atoms with Gasteiger partial charge in [-0.1, -0.05) is 6.07 Å². The van der Waals surface area contributed by atoms with Gasteiger partial charge in [-0.25, -0.2) is 0 Å². The van der Waals surface area contributed by atoms with E-state index in [1.165, 1.54) is 0 Å². The first kappa shape index (κ1) is 23.5. The van der Waals surface area contributed by atoms with Crippen molar-refractivity contribution in [1.29, 1.82) is 0 Å². The van der Waals surface area contributed by atoms with Gasteiger partial charge in [0.05, 0.1) is 6.04 Å². The molecular formula is C26H34N6O3. The Morgan fingerprint density at radius 1 is 1.03 bits per heavy atom. The molecule has 3 saturated heterocycles. The van der Waals surface area contributed by atoms with E-state index in [2.05, 4.69) is 31.5 Å². The van der Waals surface area contributed by atoms with Crippen LogP contribution in [0.1, 0.15) is 54.9 Å². The van der Waals surface area contributed by atoms with E-state index in [1.807, 2.05) is 41.4 Å². The standard InChI is InChI=1S/C26H34N6O3/c33-24-6-5-23(25(34)29-24)28-21-4-1-3-20(17-21)26(35)31-15-7-19(8-16-31)18-30-13-9-22(10-14-30)32-12-2-11-27-32/h1-4,11-12,17,19,22-23,28H,5-10,13-16,18H2,(H,29,33,34). The molecule has 3 fully saturated rings. The number of hydrogen-bond donors (Lipinski definition) is 2. The van der Waals surface area contributed by atoms with Gasteiger partial charge in [-0.2, -0.15) is 5.10 Å². The topological polar surface area (TPSA) is 99.6 Å². The van der Waals surface area contributed by atoms with Crippen LogP contribution in [-0.2, 0) is 9.59 Å². The Morgan fingerprint density at radius 2 is 1.83 bits per heavy atom. The van der Waals surface area contributed by atoms with E-state index in [-0.39, 0.29) is 17.7 Å². The number of carbonyl (C=O) groups excluding carboxylic acids is 3. The number of anilines is 1. The molecule has 2 N–H and O–H groups in total. The van der Waals surface area contributed by atoms with Gasteiger partial charge in [-0.15, -0.1) is 0 Å². The number of nitrogens with one attached hydrogen (secondary N) is 2. The van der Waals surface area contributed by atoms with Crippen molar-refractivity contribution < 1.29 is 14.4 Å². The summed E-state index contributed by atoms with van der Waals surface area (Å²) in [6.45, 7) is 4.88. The lowest BCUT2D eigenvalue weighted by atomic mass is 9.94. The lowest BCUT2D eigenvalue weighted by molar-refractivity contribution is -0.133. The molecule has 0 spiro atoms. The van der Waals surface area contributed by atoms with Crippen molar-refractivity contribution in [3.05, 3.63) is 48.3 Å². The highest BCUT2D eigenvalue weighted by Crippen LogP contribution is 2.26. The number of aromatic nitrogens is 2. The van der Waals surface area contributed by atoms with E-state index in [0.29, 0.717) is 30.4 Å². The first-order valence-electron chi connectivity index (χ1n) is 12.8. The number of hydrogen-bond acceptors (Lipinski definition) is 6. The Balaban J connectivity index is 1.08. The molecule has 1 atom stereocenters. The Morgan fingerprint density at radius 3 is 2.54 bits per heavy atom. The molecule has 0 saturated carbocycles. The van der Waals surface area contributed by atoms with Crippen LogP contribution in [-0.4, -0.2) is 76.1 Å². The zero-order chi connectivity index (χ0) is 24.2. The predicted octanol–water partition coefficient (Wildman–Crippen LogP) is 2.29. The van der Waals surface area contributed by atoms with Crippen LogP contribution in [0.2, 0.25) is 0 Å². The average Bonchev–Trinajstić information content (AvgIpc) is 3.42. The predicted molar refractivity (Wildman–Crippen MR) is 132 cm³/mol. The molecule has 9 heteroatoms. The largest absolute Gasteiger partial charge is 0.374 e. The van der Waals surface area contributed by atoms with Crippen LogP contribution in [0.3, 0.4) is 0 Å². The number of nitrogens with zero attached hydrogens (tertiary/aromatic N) is 4. The quantitative estimate of drug-likeness (QED) is 0.618. The monoisotopic (exact) mass is 478 g/mol. The molecule has 2 aromatic rings. The fraction of sp³-hybridized carbons (Fsp3) is 0.538. The van der Waals surface area contributed by atoms with Gasteiger partial charge in [0.15, 0.2) is 0 Å². The van der Waals surface area contributed by atoms with Crippen molar-refractivity contribution in [3.8, 4) is 0 Å². The van der Waals surface area contributed by atoms with Crippen molar-refractivity contribution in [2.45, 2.75) is 50.6 Å². The van der Waals surface area contributed by atoms with Gasteiger partial charge in [0, 0.05) is 62.8 Å². The summed E-state index contributed by atoms with van der Waals surface area (Å²) in [6.07, 6.45) is 9.03. The van der Waals surface area contributed by atoms with Gasteiger partial charge in [-0.05, 0) is 62.3 Å². The van der Waals surface area contributed by atoms with E-state index in [0.717, 1.165) is 64.1 Å². The van der Waals surface area contributed by atoms with Crippen LogP contribution in [0.4, 0.5) is 5.69 Å². The van der Waals surface area contributed by atoms with Crippen molar-refractivity contribution >= 4 is 23.4 Å². The van der Waals surface area contributed by atoms with E-state index in [1.54, 1.807) is 0 Å². The van der Waals surface area contributed by atoms with Crippen LogP contribution >= 0.6 is 0 Å². The maximum absolute atomic E-state index is 13.2. The van der Waals surface area contributed by atoms with Crippen LogP contribution in [0.5, 0.6) is 0 Å². The van der Waals surface area contributed by atoms with Gasteiger partial charge >= 0.3 is 0 Å². The smallest absolute Gasteiger partial charge is 0.253 e. The Labute approximate surface area is 205 Å². The van der Waals surface area contributed by atoms with E-state index in [4.69, 9.17) is 0 Å². The number of rotatable bonds is 6. The number of benzene rings is 1. The molecule has 1 unspecified atom stereocenters. The summed E-state index contributed by atoms with van der Waals surface area (Å²) >= 11 is 0. The lowest BCUT2D eigenvalue weighted by Gasteiger charge is -2.37. The fourth-order valence-corrected chi connectivity index (χ4v) is 5.50. The average molecular weight is 479 g/mol. The van der Waals surface area contributed by atoms with Crippen molar-refractivity contribution in [2.24, 2.45) is 5.92 Å². The zero-order valence-corrected chi connectivity index (χ0v) is 20.1. The molecular weight excluding hydrogens is 444 g/mol. The van der Waals surface area contributed by atoms with E-state index < -0.39 is 6.04 Å². The molecule has 35 heavy (non-hydrogen) atoms. The maximum Gasteiger partial charge on any atom is 0.253 e. The number of carbonyl (C=O) groups is 3. The molecule has 1 aromatic carbocycles. The van der Waals surface area contributed by atoms with Crippen molar-refractivity contribution in [2.75, 3.05) is 38.0 Å². The normalized spacial score (nSPS) is 22.7. The summed E-state index contributed by atoms with van der Waals surface area (Å²) in [6, 6.07) is 9.37. The second-order valence-corrected chi connectivity index (χ2v) is 9.98. The highest BCUT2D eigenvalue weighted by atomic mass is 16.2. The lowest BCUT2D eigenvalue weighted by Crippen LogP contribution is -2.47. The summed E-state index contributed by atoms with van der Waals surface area (Å²) in [5, 5.41) is 9.92. The Hall–Kier alpha value is -3.20. The Kier molecular flexibility index (Phi) is 7.13. The van der Waals surface area contributed by atoms with Crippen molar-refractivity contribution in [3.63, 3.8) is 0 Å². The summed E-state index contributed by atoms with van der Waals surface area (Å²) in [5.74, 6) is 0.112. The highest BCUT2D eigenvalue weighted by Gasteiger charge is 2.29. The molecule has 0 aliphatic carbocycles. The molecule has 0 radical (unpaired) electrons. The molecule has 0 bridgehead atoms. The number of imide groups is 1. The third-order valence-corrected chi connectivity index (χ3v) is 7.56. The first-order valence-corrected chi connectivity index (χ1v) is 12.8. The second kappa shape index (κ2) is 10.6. The van der Waals surface area contributed by atoms with Crippen LogP contribution in [0.15, 0.2) is 42.7 Å². The van der Waals surface area contributed by atoms with Gasteiger partial charge in [0.25, 0.3) is 5.91 Å².